The minimum Gasteiger partial charge on any atom is -0.490 e. The molecule has 4 aromatic carbocycles. The van der Waals surface area contributed by atoms with Crippen LogP contribution in [0.25, 0.3) is 0 Å². The van der Waals surface area contributed by atoms with Crippen LogP contribution in [0.1, 0.15) is 69.2 Å². The Kier molecular flexibility index (Phi) is 9.89. The van der Waals surface area contributed by atoms with Gasteiger partial charge >= 0.3 is 5.97 Å². The number of ether oxygens (including phenoxy) is 2. The molecule has 1 aliphatic rings. The van der Waals surface area contributed by atoms with E-state index in [0.29, 0.717) is 22.6 Å². The van der Waals surface area contributed by atoms with E-state index in [2.05, 4.69) is 10.6 Å². The van der Waals surface area contributed by atoms with Gasteiger partial charge in [0, 0.05) is 17.2 Å². The van der Waals surface area contributed by atoms with E-state index in [-0.39, 0.29) is 47.4 Å². The molecule has 0 heterocycles. The summed E-state index contributed by atoms with van der Waals surface area (Å²) < 4.78 is 12.1. The molecule has 0 aliphatic heterocycles. The van der Waals surface area contributed by atoms with E-state index in [1.807, 2.05) is 24.3 Å². The Morgan fingerprint density at radius 2 is 1.31 bits per heavy atom. The third-order valence-electron chi connectivity index (χ3n) is 7.64. The largest absolute Gasteiger partial charge is 0.490 e. The number of aromatic carboxylic acids is 1. The molecular formula is C36H34N2O7. The van der Waals surface area contributed by atoms with Crippen molar-refractivity contribution in [1.29, 1.82) is 0 Å². The molecule has 0 saturated heterocycles. The van der Waals surface area contributed by atoms with Crippen molar-refractivity contribution in [2.24, 2.45) is 0 Å². The normalized spacial score (nSPS) is 15.8. The molecular weight excluding hydrogens is 572 g/mol. The third-order valence-corrected chi connectivity index (χ3v) is 7.64. The van der Waals surface area contributed by atoms with Crippen LogP contribution in [0.5, 0.6) is 17.2 Å². The van der Waals surface area contributed by atoms with Crippen LogP contribution < -0.4 is 20.1 Å². The summed E-state index contributed by atoms with van der Waals surface area (Å²) in [5, 5.41) is 15.1. The van der Waals surface area contributed by atoms with Crippen LogP contribution in [-0.4, -0.2) is 40.8 Å². The number of nitrogens with one attached hydrogen (secondary N) is 2. The second kappa shape index (κ2) is 14.4. The highest BCUT2D eigenvalue weighted by Gasteiger charge is 2.24. The van der Waals surface area contributed by atoms with Gasteiger partial charge in [-0.25, -0.2) is 4.79 Å². The molecule has 0 aromatic heterocycles. The fraction of sp³-hybridized carbons (Fsp3) is 0.222. The van der Waals surface area contributed by atoms with Crippen LogP contribution in [-0.2, 0) is 11.2 Å². The van der Waals surface area contributed by atoms with Crippen molar-refractivity contribution in [3.63, 3.8) is 0 Å². The standard InChI is InChI=1S/C36H34N2O7/c1-23(39)25-8-10-26(11-9-25)35(41)37-27-12-16-29(17-13-27)45-31-20-18-30(19-21-31)44-28-14-6-24(7-15-28)22-34(40)38-33-5-3-2-4-32(33)36(42)43/h2-11,14-15,18-21,27,29H,12-13,16-17,22H2,1H3,(H,37,41)(H,38,40)(H,42,43). The number of rotatable bonds is 11. The lowest BCUT2D eigenvalue weighted by Gasteiger charge is -2.29. The lowest BCUT2D eigenvalue weighted by molar-refractivity contribution is -0.115. The molecule has 0 unspecified atom stereocenters. The van der Waals surface area contributed by atoms with E-state index in [4.69, 9.17) is 9.47 Å². The fourth-order valence-electron chi connectivity index (χ4n) is 5.20. The van der Waals surface area contributed by atoms with Gasteiger partial charge in [0.2, 0.25) is 5.91 Å². The smallest absolute Gasteiger partial charge is 0.337 e. The lowest BCUT2D eigenvalue weighted by Crippen LogP contribution is -2.39. The van der Waals surface area contributed by atoms with Crippen molar-refractivity contribution < 1.29 is 33.8 Å². The van der Waals surface area contributed by atoms with Gasteiger partial charge in [-0.15, -0.1) is 0 Å². The number of anilines is 1. The summed E-state index contributed by atoms with van der Waals surface area (Å²) >= 11 is 0. The molecule has 1 aliphatic carbocycles. The summed E-state index contributed by atoms with van der Waals surface area (Å²) in [5.41, 5.74) is 2.18. The fourth-order valence-corrected chi connectivity index (χ4v) is 5.20. The van der Waals surface area contributed by atoms with Gasteiger partial charge in [0.1, 0.15) is 17.2 Å². The molecule has 2 amide bonds. The number of amides is 2. The number of ketones is 1. The molecule has 45 heavy (non-hydrogen) atoms. The zero-order valence-electron chi connectivity index (χ0n) is 24.8. The molecule has 3 N–H and O–H groups in total. The first-order valence-electron chi connectivity index (χ1n) is 14.8. The average molecular weight is 607 g/mol. The number of carboxylic acids is 1. The first-order chi connectivity index (χ1) is 21.7. The number of carbonyl (C=O) groups is 4. The van der Waals surface area contributed by atoms with Crippen LogP contribution in [0, 0.1) is 0 Å². The maximum atomic E-state index is 12.6. The first-order valence-corrected chi connectivity index (χ1v) is 14.8. The summed E-state index contributed by atoms with van der Waals surface area (Å²) in [6, 6.07) is 27.6. The van der Waals surface area contributed by atoms with Crippen molar-refractivity contribution in [2.45, 2.75) is 51.2 Å². The Labute approximate surface area is 261 Å². The van der Waals surface area contributed by atoms with Gasteiger partial charge in [0.25, 0.3) is 5.91 Å². The van der Waals surface area contributed by atoms with Gasteiger partial charge < -0.3 is 25.2 Å². The maximum Gasteiger partial charge on any atom is 0.337 e. The third kappa shape index (κ3) is 8.57. The minimum atomic E-state index is -1.10. The SMILES string of the molecule is CC(=O)c1ccc(C(=O)NC2CCC(Oc3ccc(Oc4ccc(CC(=O)Nc5ccccc5C(=O)O)cc4)cc3)CC2)cc1. The molecule has 9 nitrogen and oxygen atoms in total. The number of hydrogen-bond acceptors (Lipinski definition) is 6. The van der Waals surface area contributed by atoms with E-state index in [9.17, 15) is 24.3 Å². The molecule has 1 fully saturated rings. The molecule has 4 aromatic rings. The van der Waals surface area contributed by atoms with Crippen LogP contribution in [0.15, 0.2) is 97.1 Å². The quantitative estimate of drug-likeness (QED) is 0.162. The average Bonchev–Trinajstić information content (AvgIpc) is 3.04. The highest BCUT2D eigenvalue weighted by atomic mass is 16.5. The van der Waals surface area contributed by atoms with Crippen LogP contribution >= 0.6 is 0 Å². The second-order valence-corrected chi connectivity index (χ2v) is 11.0. The second-order valence-electron chi connectivity index (χ2n) is 11.0. The number of carboxylic acid groups (broad SMARTS) is 1. The van der Waals surface area contributed by atoms with Crippen molar-refractivity contribution in [1.82, 2.24) is 5.32 Å². The Bertz CT molecular complexity index is 1660. The van der Waals surface area contributed by atoms with Crippen LogP contribution in [0.3, 0.4) is 0 Å². The number of para-hydroxylation sites is 1. The van der Waals surface area contributed by atoms with E-state index in [1.54, 1.807) is 66.7 Å². The van der Waals surface area contributed by atoms with Crippen molar-refractivity contribution in [3.05, 3.63) is 119 Å². The van der Waals surface area contributed by atoms with E-state index in [0.717, 1.165) is 37.0 Å². The molecule has 0 radical (unpaired) electrons. The molecule has 0 bridgehead atoms. The van der Waals surface area contributed by atoms with Crippen molar-refractivity contribution >= 4 is 29.3 Å². The Morgan fingerprint density at radius 3 is 1.93 bits per heavy atom. The van der Waals surface area contributed by atoms with Gasteiger partial charge in [-0.2, -0.15) is 0 Å². The molecule has 230 valence electrons. The topological polar surface area (TPSA) is 131 Å². The summed E-state index contributed by atoms with van der Waals surface area (Å²) in [6.07, 6.45) is 3.42. The van der Waals surface area contributed by atoms with Gasteiger partial charge in [0.05, 0.1) is 23.8 Å². The van der Waals surface area contributed by atoms with E-state index < -0.39 is 5.97 Å². The number of hydrogen-bond donors (Lipinski definition) is 3. The number of benzene rings is 4. The van der Waals surface area contributed by atoms with Gasteiger partial charge in [-0.1, -0.05) is 36.4 Å². The number of carbonyl (C=O) groups excluding carboxylic acids is 3. The molecule has 1 saturated carbocycles. The van der Waals surface area contributed by atoms with E-state index >= 15 is 0 Å². The van der Waals surface area contributed by atoms with Crippen molar-refractivity contribution in [2.75, 3.05) is 5.32 Å². The van der Waals surface area contributed by atoms with Gasteiger partial charge in [-0.05, 0) is 98.8 Å². The predicted molar refractivity (Wildman–Crippen MR) is 169 cm³/mol. The van der Waals surface area contributed by atoms with E-state index in [1.165, 1.54) is 13.0 Å². The zero-order valence-corrected chi connectivity index (χ0v) is 24.8. The monoisotopic (exact) mass is 606 g/mol. The lowest BCUT2D eigenvalue weighted by atomic mass is 9.92. The zero-order chi connectivity index (χ0) is 31.8. The highest BCUT2D eigenvalue weighted by Crippen LogP contribution is 2.28. The van der Waals surface area contributed by atoms with Crippen LogP contribution in [0.4, 0.5) is 5.69 Å². The summed E-state index contributed by atoms with van der Waals surface area (Å²) in [7, 11) is 0. The van der Waals surface area contributed by atoms with Crippen LogP contribution in [0.2, 0.25) is 0 Å². The summed E-state index contributed by atoms with van der Waals surface area (Å²) in [6.45, 7) is 1.50. The molecule has 0 spiro atoms. The van der Waals surface area contributed by atoms with Gasteiger partial charge in [0.15, 0.2) is 5.78 Å². The Hall–Kier alpha value is -5.44. The Morgan fingerprint density at radius 1 is 0.733 bits per heavy atom. The molecule has 5 rings (SSSR count). The first kappa shape index (κ1) is 31.0. The predicted octanol–water partition coefficient (Wildman–Crippen LogP) is 6.68. The summed E-state index contributed by atoms with van der Waals surface area (Å²) in [4.78, 5) is 47.9. The minimum absolute atomic E-state index is 0.0297. The summed E-state index contributed by atoms with van der Waals surface area (Å²) in [5.74, 6) is 0.408. The highest BCUT2D eigenvalue weighted by molar-refractivity contribution is 6.01. The number of Topliss-reactive ketones (excluding diaryl/α,β-unsaturated/α-hetero) is 1. The molecule has 9 heteroatoms. The Balaban J connectivity index is 1.05. The molecule has 0 atom stereocenters. The van der Waals surface area contributed by atoms with Crippen molar-refractivity contribution in [3.8, 4) is 17.2 Å². The van der Waals surface area contributed by atoms with Gasteiger partial charge in [-0.3, -0.25) is 14.4 Å². The maximum absolute atomic E-state index is 12.6.